The summed E-state index contributed by atoms with van der Waals surface area (Å²) in [5.41, 5.74) is 11.8. The topological polar surface area (TPSA) is 42.7 Å². The van der Waals surface area contributed by atoms with E-state index in [0.29, 0.717) is 6.04 Å². The van der Waals surface area contributed by atoms with Crippen molar-refractivity contribution in [2.45, 2.75) is 73.4 Å². The number of nitrogens with zero attached hydrogens (tertiary/aromatic N) is 4. The van der Waals surface area contributed by atoms with Gasteiger partial charge in [-0.05, 0) is 76.6 Å². The Morgan fingerprint density at radius 1 is 0.971 bits per heavy atom. The molecular weight excluding hydrogens is 432 g/mol. The lowest BCUT2D eigenvalue weighted by Crippen LogP contribution is -2.40. The lowest BCUT2D eigenvalue weighted by molar-refractivity contribution is 0.406. The molecule has 0 saturated heterocycles. The van der Waals surface area contributed by atoms with E-state index >= 15 is 0 Å². The number of hydrogen-bond acceptors (Lipinski definition) is 4. The Kier molecular flexibility index (Phi) is 6.04. The summed E-state index contributed by atoms with van der Waals surface area (Å²) in [6, 6.07) is 13.3. The first-order valence-corrected chi connectivity index (χ1v) is 12.7. The van der Waals surface area contributed by atoms with Gasteiger partial charge in [-0.3, -0.25) is 0 Å². The van der Waals surface area contributed by atoms with Gasteiger partial charge in [-0.2, -0.15) is 9.61 Å². The molecule has 5 rings (SSSR count). The molecule has 5 nitrogen and oxygen atoms in total. The summed E-state index contributed by atoms with van der Waals surface area (Å²) in [6.45, 7) is 13.9. The number of ether oxygens (including phenoxy) is 1. The number of aromatic nitrogens is 3. The summed E-state index contributed by atoms with van der Waals surface area (Å²) >= 11 is 0. The van der Waals surface area contributed by atoms with Gasteiger partial charge in [0.1, 0.15) is 11.6 Å². The second kappa shape index (κ2) is 9.03. The highest BCUT2D eigenvalue weighted by Crippen LogP contribution is 2.40. The fraction of sp³-hybridized carbons (Fsp3) is 0.400. The normalized spacial score (nSPS) is 15.5. The van der Waals surface area contributed by atoms with E-state index in [1.54, 1.807) is 7.11 Å². The van der Waals surface area contributed by atoms with E-state index < -0.39 is 0 Å². The third kappa shape index (κ3) is 3.87. The first-order chi connectivity index (χ1) is 16.8. The van der Waals surface area contributed by atoms with Crippen molar-refractivity contribution < 1.29 is 4.74 Å². The SMILES string of the molecule is CCC1CCc2c(C)nc3c(-c4c(C)cc(C)cc4C)c(C)nn3c2N1Cc1ccccc1OC. The van der Waals surface area contributed by atoms with Gasteiger partial charge in [0, 0.05) is 29.4 Å². The van der Waals surface area contributed by atoms with E-state index in [-0.39, 0.29) is 0 Å². The number of para-hydroxylation sites is 1. The third-order valence-electron chi connectivity index (χ3n) is 7.59. The van der Waals surface area contributed by atoms with Crippen LogP contribution in [0.1, 0.15) is 59.0 Å². The lowest BCUT2D eigenvalue weighted by Gasteiger charge is -2.39. The van der Waals surface area contributed by atoms with Crippen LogP contribution in [0.15, 0.2) is 36.4 Å². The van der Waals surface area contributed by atoms with Crippen LogP contribution in [0, 0.1) is 34.6 Å². The molecule has 1 aliphatic rings. The maximum absolute atomic E-state index is 5.71. The largest absolute Gasteiger partial charge is 0.496 e. The predicted octanol–water partition coefficient (Wildman–Crippen LogP) is 6.68. The molecule has 3 heterocycles. The van der Waals surface area contributed by atoms with E-state index in [0.717, 1.165) is 54.2 Å². The summed E-state index contributed by atoms with van der Waals surface area (Å²) in [5, 5.41) is 5.13. The number of rotatable bonds is 5. The Morgan fingerprint density at radius 3 is 2.37 bits per heavy atom. The van der Waals surface area contributed by atoms with Crippen LogP contribution < -0.4 is 9.64 Å². The van der Waals surface area contributed by atoms with Crippen LogP contribution >= 0.6 is 0 Å². The Bertz CT molecular complexity index is 1390. The van der Waals surface area contributed by atoms with Crippen LogP contribution in [0.3, 0.4) is 0 Å². The molecule has 1 atom stereocenters. The van der Waals surface area contributed by atoms with E-state index in [1.165, 1.54) is 39.2 Å². The van der Waals surface area contributed by atoms with E-state index in [9.17, 15) is 0 Å². The zero-order chi connectivity index (χ0) is 24.9. The quantitative estimate of drug-likeness (QED) is 0.328. The summed E-state index contributed by atoms with van der Waals surface area (Å²) < 4.78 is 7.84. The Morgan fingerprint density at radius 2 is 1.69 bits per heavy atom. The highest BCUT2D eigenvalue weighted by Gasteiger charge is 2.32. The Labute approximate surface area is 208 Å². The fourth-order valence-electron chi connectivity index (χ4n) is 6.02. The van der Waals surface area contributed by atoms with Gasteiger partial charge in [0.15, 0.2) is 5.65 Å². The van der Waals surface area contributed by atoms with Gasteiger partial charge in [0.25, 0.3) is 0 Å². The van der Waals surface area contributed by atoms with E-state index in [2.05, 4.69) is 75.2 Å². The maximum Gasteiger partial charge on any atom is 0.165 e. The van der Waals surface area contributed by atoms with Crippen LogP contribution in [-0.4, -0.2) is 27.7 Å². The van der Waals surface area contributed by atoms with Gasteiger partial charge >= 0.3 is 0 Å². The van der Waals surface area contributed by atoms with E-state index in [4.69, 9.17) is 14.8 Å². The highest BCUT2D eigenvalue weighted by molar-refractivity contribution is 5.85. The number of aryl methyl sites for hydroxylation is 5. The summed E-state index contributed by atoms with van der Waals surface area (Å²) in [6.07, 6.45) is 3.23. The second-order valence-corrected chi connectivity index (χ2v) is 10.0. The van der Waals surface area contributed by atoms with Crippen LogP contribution in [0.2, 0.25) is 0 Å². The summed E-state index contributed by atoms with van der Waals surface area (Å²) in [5.74, 6) is 2.12. The average Bonchev–Trinajstić information content (AvgIpc) is 3.14. The minimum atomic E-state index is 0.438. The molecule has 182 valence electrons. The number of methoxy groups -OCH3 is 1. The van der Waals surface area contributed by atoms with Crippen molar-refractivity contribution in [1.82, 2.24) is 14.6 Å². The fourth-order valence-corrected chi connectivity index (χ4v) is 6.02. The van der Waals surface area contributed by atoms with Gasteiger partial charge in [0.05, 0.1) is 18.4 Å². The van der Waals surface area contributed by atoms with E-state index in [1.807, 2.05) is 12.1 Å². The monoisotopic (exact) mass is 468 g/mol. The van der Waals surface area contributed by atoms with Crippen LogP contribution in [0.5, 0.6) is 5.75 Å². The molecule has 0 spiro atoms. The molecule has 0 aliphatic carbocycles. The zero-order valence-electron chi connectivity index (χ0n) is 22.1. The van der Waals surface area contributed by atoms with Gasteiger partial charge in [0.2, 0.25) is 0 Å². The molecule has 1 unspecified atom stereocenters. The molecular formula is C30H36N4O. The van der Waals surface area contributed by atoms with Gasteiger partial charge in [-0.25, -0.2) is 4.98 Å². The van der Waals surface area contributed by atoms with Crippen LogP contribution in [0.25, 0.3) is 16.8 Å². The summed E-state index contributed by atoms with van der Waals surface area (Å²) in [4.78, 5) is 7.71. The standard InChI is InChI=1S/C30H36N4O/c1-8-24-13-14-25-21(5)31-29-28(27-19(3)15-18(2)16-20(27)4)22(6)32-34(29)30(25)33(24)17-23-11-9-10-12-26(23)35-7/h9-12,15-16,24H,8,13-14,17H2,1-7H3. The van der Waals surface area contributed by atoms with Crippen LogP contribution in [-0.2, 0) is 13.0 Å². The molecule has 0 N–H and O–H groups in total. The number of hydrogen-bond donors (Lipinski definition) is 0. The highest BCUT2D eigenvalue weighted by atomic mass is 16.5. The first-order valence-electron chi connectivity index (χ1n) is 12.7. The van der Waals surface area contributed by atoms with Crippen molar-refractivity contribution in [3.8, 4) is 16.9 Å². The first kappa shape index (κ1) is 23.4. The number of anilines is 1. The van der Waals surface area contributed by atoms with Crippen molar-refractivity contribution in [3.63, 3.8) is 0 Å². The van der Waals surface area contributed by atoms with Crippen molar-refractivity contribution >= 4 is 11.5 Å². The van der Waals surface area contributed by atoms with Crippen molar-refractivity contribution in [2.75, 3.05) is 12.0 Å². The van der Waals surface area contributed by atoms with Gasteiger partial charge < -0.3 is 9.64 Å². The smallest absolute Gasteiger partial charge is 0.165 e. The Hall–Kier alpha value is -3.34. The molecule has 5 heteroatoms. The molecule has 2 aromatic heterocycles. The van der Waals surface area contributed by atoms with Gasteiger partial charge in [-0.1, -0.05) is 42.8 Å². The molecule has 0 saturated carbocycles. The molecule has 0 radical (unpaired) electrons. The molecule has 1 aliphatic heterocycles. The number of benzene rings is 2. The number of fused-ring (bicyclic) bond motifs is 3. The lowest BCUT2D eigenvalue weighted by atomic mass is 9.93. The molecule has 4 aromatic rings. The summed E-state index contributed by atoms with van der Waals surface area (Å²) in [7, 11) is 1.75. The van der Waals surface area contributed by atoms with Crippen molar-refractivity contribution in [3.05, 3.63) is 75.6 Å². The van der Waals surface area contributed by atoms with Crippen LogP contribution in [0.4, 0.5) is 5.82 Å². The van der Waals surface area contributed by atoms with Crippen molar-refractivity contribution in [2.24, 2.45) is 0 Å². The average molecular weight is 469 g/mol. The third-order valence-corrected chi connectivity index (χ3v) is 7.59. The molecule has 2 aromatic carbocycles. The second-order valence-electron chi connectivity index (χ2n) is 10.0. The minimum absolute atomic E-state index is 0.438. The van der Waals surface area contributed by atoms with Crippen molar-refractivity contribution in [1.29, 1.82) is 0 Å². The maximum atomic E-state index is 5.71. The molecule has 0 amide bonds. The zero-order valence-corrected chi connectivity index (χ0v) is 22.1. The van der Waals surface area contributed by atoms with Gasteiger partial charge in [-0.15, -0.1) is 0 Å². The molecule has 35 heavy (non-hydrogen) atoms. The minimum Gasteiger partial charge on any atom is -0.496 e. The molecule has 0 bridgehead atoms. The molecule has 0 fully saturated rings. The predicted molar refractivity (Wildman–Crippen MR) is 144 cm³/mol. The Balaban J connectivity index is 1.76.